The Labute approximate surface area is 161 Å². The Kier molecular flexibility index (Phi) is 6.13. The molecular weight excluding hydrogens is 372 g/mol. The van der Waals surface area contributed by atoms with Crippen LogP contribution in [0, 0.1) is 10.1 Å². The molecule has 0 unspecified atom stereocenters. The summed E-state index contributed by atoms with van der Waals surface area (Å²) in [4.78, 5) is 25.1. The topological polar surface area (TPSA) is 81.9 Å². The van der Waals surface area contributed by atoms with Gasteiger partial charge in [-0.25, -0.2) is 4.79 Å². The van der Waals surface area contributed by atoms with Gasteiger partial charge in [0.25, 0.3) is 5.69 Å². The van der Waals surface area contributed by atoms with Crippen molar-refractivity contribution in [2.45, 2.75) is 12.8 Å². The summed E-state index contributed by atoms with van der Waals surface area (Å²) in [5.41, 5.74) is 0.611. The second-order valence-electron chi connectivity index (χ2n) is 6.09. The van der Waals surface area contributed by atoms with Crippen molar-refractivity contribution in [1.82, 2.24) is 0 Å². The number of ether oxygens (including phenoxy) is 2. The Morgan fingerprint density at radius 3 is 2.48 bits per heavy atom. The summed E-state index contributed by atoms with van der Waals surface area (Å²) >= 11 is 5.79. The number of hydrogen-bond donors (Lipinski definition) is 0. The largest absolute Gasteiger partial charge is 0.490 e. The molecule has 0 N–H and O–H groups in total. The van der Waals surface area contributed by atoms with Gasteiger partial charge in [0.15, 0.2) is 0 Å². The van der Waals surface area contributed by atoms with Crippen molar-refractivity contribution in [3.63, 3.8) is 0 Å². The maximum Gasteiger partial charge on any atom is 0.338 e. The van der Waals surface area contributed by atoms with Crippen LogP contribution in [0.25, 0.3) is 0 Å². The minimum Gasteiger partial charge on any atom is -0.490 e. The van der Waals surface area contributed by atoms with Gasteiger partial charge in [0, 0.05) is 24.2 Å². The summed E-state index contributed by atoms with van der Waals surface area (Å²) in [7, 11) is 0. The zero-order chi connectivity index (χ0) is 19.2. The predicted octanol–water partition coefficient (Wildman–Crippen LogP) is 4.08. The monoisotopic (exact) mass is 390 g/mol. The average Bonchev–Trinajstić information content (AvgIpc) is 3.20. The highest BCUT2D eigenvalue weighted by Crippen LogP contribution is 2.31. The van der Waals surface area contributed by atoms with E-state index in [4.69, 9.17) is 21.1 Å². The van der Waals surface area contributed by atoms with Gasteiger partial charge in [-0.15, -0.1) is 0 Å². The number of nitro groups is 1. The molecule has 8 heteroatoms. The van der Waals surface area contributed by atoms with Crippen LogP contribution in [0.4, 0.5) is 11.4 Å². The SMILES string of the molecule is O=C(OCCOc1ccc(Cl)cc1)c1ccc(N2CCCC2)c([N+](=O)[O-])c1. The van der Waals surface area contributed by atoms with Gasteiger partial charge in [0.2, 0.25) is 0 Å². The molecule has 1 aliphatic rings. The quantitative estimate of drug-likeness (QED) is 0.306. The first-order valence-electron chi connectivity index (χ1n) is 8.63. The van der Waals surface area contributed by atoms with Crippen molar-refractivity contribution in [2.75, 3.05) is 31.2 Å². The van der Waals surface area contributed by atoms with E-state index >= 15 is 0 Å². The first kappa shape index (κ1) is 19.0. The van der Waals surface area contributed by atoms with E-state index in [2.05, 4.69) is 0 Å². The smallest absolute Gasteiger partial charge is 0.338 e. The van der Waals surface area contributed by atoms with Gasteiger partial charge < -0.3 is 14.4 Å². The Balaban J connectivity index is 1.58. The summed E-state index contributed by atoms with van der Waals surface area (Å²) in [6, 6.07) is 11.3. The normalized spacial score (nSPS) is 13.4. The van der Waals surface area contributed by atoms with Gasteiger partial charge in [-0.1, -0.05) is 11.6 Å². The number of nitro benzene ring substituents is 1. The highest BCUT2D eigenvalue weighted by Gasteiger charge is 2.24. The van der Waals surface area contributed by atoms with E-state index in [1.54, 1.807) is 36.4 Å². The van der Waals surface area contributed by atoms with Crippen LogP contribution >= 0.6 is 11.6 Å². The molecule has 1 aliphatic heterocycles. The Morgan fingerprint density at radius 2 is 1.81 bits per heavy atom. The van der Waals surface area contributed by atoms with Crippen LogP contribution < -0.4 is 9.64 Å². The van der Waals surface area contributed by atoms with E-state index in [-0.39, 0.29) is 24.5 Å². The molecule has 0 aromatic heterocycles. The summed E-state index contributed by atoms with van der Waals surface area (Å²) in [6.07, 6.45) is 2.02. The highest BCUT2D eigenvalue weighted by atomic mass is 35.5. The van der Waals surface area contributed by atoms with Gasteiger partial charge in [-0.05, 0) is 49.2 Å². The maximum atomic E-state index is 12.2. The molecule has 142 valence electrons. The summed E-state index contributed by atoms with van der Waals surface area (Å²) < 4.78 is 10.6. The number of anilines is 1. The zero-order valence-corrected chi connectivity index (χ0v) is 15.4. The van der Waals surface area contributed by atoms with E-state index in [9.17, 15) is 14.9 Å². The lowest BCUT2D eigenvalue weighted by atomic mass is 10.1. The van der Waals surface area contributed by atoms with E-state index < -0.39 is 10.9 Å². The molecule has 0 bridgehead atoms. The van der Waals surface area contributed by atoms with Gasteiger partial charge in [-0.3, -0.25) is 10.1 Å². The first-order valence-corrected chi connectivity index (χ1v) is 9.01. The van der Waals surface area contributed by atoms with E-state index in [1.807, 2.05) is 4.90 Å². The molecule has 0 aliphatic carbocycles. The lowest BCUT2D eigenvalue weighted by Gasteiger charge is -2.17. The Morgan fingerprint density at radius 1 is 1.11 bits per heavy atom. The fraction of sp³-hybridized carbons (Fsp3) is 0.316. The number of hydrogen-bond acceptors (Lipinski definition) is 6. The molecule has 7 nitrogen and oxygen atoms in total. The first-order chi connectivity index (χ1) is 13.0. The lowest BCUT2D eigenvalue weighted by molar-refractivity contribution is -0.384. The zero-order valence-electron chi connectivity index (χ0n) is 14.6. The molecule has 1 saturated heterocycles. The third kappa shape index (κ3) is 4.89. The number of benzene rings is 2. The second-order valence-corrected chi connectivity index (χ2v) is 6.53. The molecule has 0 amide bonds. The molecule has 1 heterocycles. The third-order valence-electron chi connectivity index (χ3n) is 4.25. The minimum atomic E-state index is -0.620. The number of carbonyl (C=O) groups is 1. The molecule has 2 aromatic rings. The van der Waals surface area contributed by atoms with Crippen molar-refractivity contribution in [3.8, 4) is 5.75 Å². The van der Waals surface area contributed by atoms with Crippen LogP contribution in [0.5, 0.6) is 5.75 Å². The molecule has 27 heavy (non-hydrogen) atoms. The molecule has 1 fully saturated rings. The lowest BCUT2D eigenvalue weighted by Crippen LogP contribution is -2.19. The molecule has 0 atom stereocenters. The number of rotatable bonds is 7. The minimum absolute atomic E-state index is 0.0309. The van der Waals surface area contributed by atoms with E-state index in [0.29, 0.717) is 16.5 Å². The van der Waals surface area contributed by atoms with Crippen LogP contribution in [0.3, 0.4) is 0 Å². The maximum absolute atomic E-state index is 12.2. The molecule has 0 saturated carbocycles. The van der Waals surface area contributed by atoms with Crippen molar-refractivity contribution >= 4 is 28.9 Å². The molecule has 2 aromatic carbocycles. The van der Waals surface area contributed by atoms with Crippen molar-refractivity contribution in [3.05, 3.63) is 63.2 Å². The summed E-state index contributed by atoms with van der Waals surface area (Å²) in [5, 5.41) is 12.0. The number of nitrogens with zero attached hydrogens (tertiary/aromatic N) is 2. The van der Waals surface area contributed by atoms with Crippen LogP contribution in [-0.4, -0.2) is 37.2 Å². The highest BCUT2D eigenvalue weighted by molar-refractivity contribution is 6.30. The van der Waals surface area contributed by atoms with Crippen LogP contribution in [0.1, 0.15) is 23.2 Å². The summed E-state index contributed by atoms with van der Waals surface area (Å²) in [6.45, 7) is 1.77. The van der Waals surface area contributed by atoms with Crippen LogP contribution in [0.2, 0.25) is 5.02 Å². The fourth-order valence-electron chi connectivity index (χ4n) is 2.93. The molecular formula is C19H19ClN2O5. The number of carbonyl (C=O) groups excluding carboxylic acids is 1. The third-order valence-corrected chi connectivity index (χ3v) is 4.51. The van der Waals surface area contributed by atoms with Gasteiger partial charge in [0.1, 0.15) is 24.7 Å². The van der Waals surface area contributed by atoms with Crippen molar-refractivity contribution in [2.24, 2.45) is 0 Å². The van der Waals surface area contributed by atoms with Crippen molar-refractivity contribution < 1.29 is 19.2 Å². The summed E-state index contributed by atoms with van der Waals surface area (Å²) in [5.74, 6) is -0.00756. The molecule has 0 radical (unpaired) electrons. The molecule has 0 spiro atoms. The van der Waals surface area contributed by atoms with Gasteiger partial charge in [-0.2, -0.15) is 0 Å². The van der Waals surface area contributed by atoms with E-state index in [0.717, 1.165) is 25.9 Å². The number of esters is 1. The van der Waals surface area contributed by atoms with Gasteiger partial charge in [0.05, 0.1) is 10.5 Å². The Bertz CT molecular complexity index is 819. The fourth-order valence-corrected chi connectivity index (χ4v) is 3.06. The van der Waals surface area contributed by atoms with E-state index in [1.165, 1.54) is 6.07 Å². The number of halogens is 1. The van der Waals surface area contributed by atoms with Crippen LogP contribution in [0.15, 0.2) is 42.5 Å². The standard InChI is InChI=1S/C19H19ClN2O5/c20-15-4-6-16(7-5-15)26-11-12-27-19(23)14-3-8-17(18(13-14)22(24)25)21-9-1-2-10-21/h3-8,13H,1-2,9-12H2. The Hall–Kier alpha value is -2.80. The molecule has 3 rings (SSSR count). The van der Waals surface area contributed by atoms with Crippen LogP contribution in [-0.2, 0) is 4.74 Å². The second kappa shape index (κ2) is 8.73. The average molecular weight is 391 g/mol. The van der Waals surface area contributed by atoms with Gasteiger partial charge >= 0.3 is 5.97 Å². The van der Waals surface area contributed by atoms with Crippen molar-refractivity contribution in [1.29, 1.82) is 0 Å². The predicted molar refractivity (Wildman–Crippen MR) is 102 cm³/mol.